The molecule has 21 heavy (non-hydrogen) atoms. The van der Waals surface area contributed by atoms with Crippen LogP contribution in [0.4, 0.5) is 10.2 Å². The van der Waals surface area contributed by atoms with E-state index in [0.717, 1.165) is 25.1 Å². The molecule has 0 amide bonds. The molecular weight excluding hydrogens is 265 g/mol. The highest BCUT2D eigenvalue weighted by Gasteiger charge is 2.28. The first-order valence-corrected chi connectivity index (χ1v) is 7.14. The smallest absolute Gasteiger partial charge is 0.126 e. The largest absolute Gasteiger partial charge is 0.367 e. The van der Waals surface area contributed by atoms with Crippen molar-refractivity contribution in [2.75, 3.05) is 5.32 Å². The van der Waals surface area contributed by atoms with Gasteiger partial charge in [-0.1, -0.05) is 18.6 Å². The van der Waals surface area contributed by atoms with Gasteiger partial charge in [-0.15, -0.1) is 0 Å². The van der Waals surface area contributed by atoms with Gasteiger partial charge in [-0.2, -0.15) is 5.26 Å². The molecule has 0 aliphatic heterocycles. The Morgan fingerprint density at radius 2 is 1.95 bits per heavy atom. The van der Waals surface area contributed by atoms with Crippen molar-refractivity contribution in [3.05, 3.63) is 59.5 Å². The van der Waals surface area contributed by atoms with Crippen LogP contribution in [0.25, 0.3) is 0 Å². The minimum Gasteiger partial charge on any atom is -0.367 e. The third-order valence-electron chi connectivity index (χ3n) is 4.04. The number of rotatable bonds is 3. The third kappa shape index (κ3) is 3.03. The number of hydrogen-bond donors (Lipinski definition) is 1. The number of nitrogens with zero attached hydrogens (tertiary/aromatic N) is 2. The van der Waals surface area contributed by atoms with Crippen molar-refractivity contribution in [2.45, 2.75) is 31.2 Å². The van der Waals surface area contributed by atoms with Crippen LogP contribution in [0.3, 0.4) is 0 Å². The van der Waals surface area contributed by atoms with Crippen LogP contribution >= 0.6 is 0 Å². The molecule has 2 atom stereocenters. The topological polar surface area (TPSA) is 48.7 Å². The van der Waals surface area contributed by atoms with Crippen molar-refractivity contribution in [3.63, 3.8) is 0 Å². The Kier molecular flexibility index (Phi) is 3.83. The molecule has 3 rings (SSSR count). The summed E-state index contributed by atoms with van der Waals surface area (Å²) in [5.74, 6) is 0.964. The van der Waals surface area contributed by atoms with Gasteiger partial charge in [-0.25, -0.2) is 9.37 Å². The van der Waals surface area contributed by atoms with Crippen LogP contribution in [0, 0.1) is 17.1 Å². The number of nitriles is 1. The molecule has 4 heteroatoms. The van der Waals surface area contributed by atoms with E-state index in [1.807, 2.05) is 18.2 Å². The van der Waals surface area contributed by atoms with Crippen molar-refractivity contribution < 1.29 is 4.39 Å². The van der Waals surface area contributed by atoms with E-state index < -0.39 is 0 Å². The fraction of sp³-hybridized carbons (Fsp3) is 0.294. The molecule has 0 bridgehead atoms. The molecule has 0 radical (unpaired) electrons. The predicted octanol–water partition coefficient (Wildman–Crippen LogP) is 3.84. The maximum Gasteiger partial charge on any atom is 0.126 e. The van der Waals surface area contributed by atoms with Crippen LogP contribution in [0.5, 0.6) is 0 Å². The zero-order valence-corrected chi connectivity index (χ0v) is 11.6. The first-order chi connectivity index (χ1) is 10.3. The monoisotopic (exact) mass is 281 g/mol. The standard InChI is InChI=1S/C17H16FN3/c18-14-7-5-13(6-8-14)15-2-1-3-16(15)21-17-9-4-12(10-19)11-20-17/h4-9,11,15-16H,1-3H2,(H,20,21). The third-order valence-corrected chi connectivity index (χ3v) is 4.04. The number of aromatic nitrogens is 1. The van der Waals surface area contributed by atoms with Crippen LogP contribution in [0.2, 0.25) is 0 Å². The van der Waals surface area contributed by atoms with Crippen LogP contribution in [0.15, 0.2) is 42.6 Å². The number of anilines is 1. The number of halogens is 1. The van der Waals surface area contributed by atoms with E-state index >= 15 is 0 Å². The molecule has 1 fully saturated rings. The van der Waals surface area contributed by atoms with Crippen LogP contribution in [0.1, 0.15) is 36.3 Å². The molecule has 1 aromatic carbocycles. The first-order valence-electron chi connectivity index (χ1n) is 7.14. The van der Waals surface area contributed by atoms with Crippen molar-refractivity contribution in [3.8, 4) is 6.07 Å². The zero-order valence-electron chi connectivity index (χ0n) is 11.6. The maximum atomic E-state index is 13.0. The van der Waals surface area contributed by atoms with Gasteiger partial charge in [0.1, 0.15) is 17.7 Å². The summed E-state index contributed by atoms with van der Waals surface area (Å²) in [6.45, 7) is 0. The molecule has 1 aliphatic rings. The van der Waals surface area contributed by atoms with Gasteiger partial charge >= 0.3 is 0 Å². The minimum atomic E-state index is -0.199. The van der Waals surface area contributed by atoms with Gasteiger partial charge in [0.15, 0.2) is 0 Å². The number of pyridine rings is 1. The molecule has 1 aliphatic carbocycles. The first kappa shape index (κ1) is 13.6. The molecule has 0 spiro atoms. The lowest BCUT2D eigenvalue weighted by molar-refractivity contribution is 0.618. The normalized spacial score (nSPS) is 21.0. The van der Waals surface area contributed by atoms with Gasteiger partial charge in [-0.3, -0.25) is 0 Å². The fourth-order valence-corrected chi connectivity index (χ4v) is 2.98. The fourth-order valence-electron chi connectivity index (χ4n) is 2.98. The minimum absolute atomic E-state index is 0.199. The summed E-state index contributed by atoms with van der Waals surface area (Å²) >= 11 is 0. The molecule has 0 saturated heterocycles. The highest BCUT2D eigenvalue weighted by atomic mass is 19.1. The Bertz CT molecular complexity index is 643. The summed E-state index contributed by atoms with van der Waals surface area (Å²) in [6, 6.07) is 12.7. The van der Waals surface area contributed by atoms with Crippen LogP contribution in [-0.2, 0) is 0 Å². The van der Waals surface area contributed by atoms with E-state index in [0.29, 0.717) is 17.5 Å². The van der Waals surface area contributed by atoms with E-state index in [9.17, 15) is 4.39 Å². The SMILES string of the molecule is N#Cc1ccc(NC2CCCC2c2ccc(F)cc2)nc1. The molecule has 3 nitrogen and oxygen atoms in total. The van der Waals surface area contributed by atoms with Crippen molar-refractivity contribution >= 4 is 5.82 Å². The molecule has 106 valence electrons. The quantitative estimate of drug-likeness (QED) is 0.929. The van der Waals surface area contributed by atoms with Crippen molar-refractivity contribution in [1.82, 2.24) is 4.98 Å². The van der Waals surface area contributed by atoms with Crippen molar-refractivity contribution in [1.29, 1.82) is 5.26 Å². The van der Waals surface area contributed by atoms with Gasteiger partial charge in [-0.05, 0) is 42.7 Å². The average molecular weight is 281 g/mol. The van der Waals surface area contributed by atoms with Crippen LogP contribution < -0.4 is 5.32 Å². The van der Waals surface area contributed by atoms with Gasteiger partial charge in [0.05, 0.1) is 5.56 Å². The zero-order chi connectivity index (χ0) is 14.7. The molecular formula is C17H16FN3. The summed E-state index contributed by atoms with van der Waals surface area (Å²) in [6.07, 6.45) is 4.89. The average Bonchev–Trinajstić information content (AvgIpc) is 2.97. The lowest BCUT2D eigenvalue weighted by Gasteiger charge is -2.22. The van der Waals surface area contributed by atoms with E-state index in [1.54, 1.807) is 12.3 Å². The van der Waals surface area contributed by atoms with E-state index in [2.05, 4.69) is 16.4 Å². The highest BCUT2D eigenvalue weighted by Crippen LogP contribution is 2.36. The molecule has 1 heterocycles. The molecule has 1 saturated carbocycles. The Morgan fingerprint density at radius 3 is 2.62 bits per heavy atom. The number of hydrogen-bond acceptors (Lipinski definition) is 3. The Hall–Kier alpha value is -2.41. The lowest BCUT2D eigenvalue weighted by atomic mass is 9.94. The second-order valence-electron chi connectivity index (χ2n) is 5.38. The molecule has 1 N–H and O–H groups in total. The molecule has 2 aromatic rings. The Balaban J connectivity index is 1.74. The molecule has 1 aromatic heterocycles. The summed E-state index contributed by atoms with van der Waals surface area (Å²) in [7, 11) is 0. The van der Waals surface area contributed by atoms with Gasteiger partial charge in [0.2, 0.25) is 0 Å². The lowest BCUT2D eigenvalue weighted by Crippen LogP contribution is -2.23. The second kappa shape index (κ2) is 5.92. The highest BCUT2D eigenvalue weighted by molar-refractivity contribution is 5.41. The van der Waals surface area contributed by atoms with Gasteiger partial charge in [0, 0.05) is 18.2 Å². The Labute approximate surface area is 123 Å². The number of nitrogens with one attached hydrogen (secondary N) is 1. The van der Waals surface area contributed by atoms with Crippen LogP contribution in [-0.4, -0.2) is 11.0 Å². The summed E-state index contributed by atoms with van der Waals surface area (Å²) in [5.41, 5.74) is 1.72. The second-order valence-corrected chi connectivity index (χ2v) is 5.38. The van der Waals surface area contributed by atoms with E-state index in [-0.39, 0.29) is 5.82 Å². The summed E-state index contributed by atoms with van der Waals surface area (Å²) in [4.78, 5) is 4.26. The van der Waals surface area contributed by atoms with E-state index in [4.69, 9.17) is 5.26 Å². The van der Waals surface area contributed by atoms with Gasteiger partial charge < -0.3 is 5.32 Å². The summed E-state index contributed by atoms with van der Waals surface area (Å²) < 4.78 is 13.0. The van der Waals surface area contributed by atoms with Crippen molar-refractivity contribution in [2.24, 2.45) is 0 Å². The maximum absolute atomic E-state index is 13.0. The predicted molar refractivity (Wildman–Crippen MR) is 79.4 cm³/mol. The summed E-state index contributed by atoms with van der Waals surface area (Å²) in [5, 5.41) is 12.2. The van der Waals surface area contributed by atoms with E-state index in [1.165, 1.54) is 17.7 Å². The van der Waals surface area contributed by atoms with Gasteiger partial charge in [0.25, 0.3) is 0 Å². The number of benzene rings is 1. The molecule has 2 unspecified atom stereocenters. The Morgan fingerprint density at radius 1 is 1.14 bits per heavy atom.